The Balaban J connectivity index is 0.000000507. The molecule has 9 heteroatoms. The van der Waals surface area contributed by atoms with E-state index >= 15 is 0 Å². The molecule has 1 unspecified atom stereocenters. The first-order chi connectivity index (χ1) is 19.6. The van der Waals surface area contributed by atoms with Gasteiger partial charge in [-0.3, -0.25) is 4.90 Å². The van der Waals surface area contributed by atoms with Gasteiger partial charge in [0.05, 0.1) is 0 Å². The average molecular weight is 566 g/mol. The summed E-state index contributed by atoms with van der Waals surface area (Å²) in [6, 6.07) is 21.1. The molecule has 1 atom stereocenters. The van der Waals surface area contributed by atoms with Crippen LogP contribution in [0.5, 0.6) is 0 Å². The molecule has 1 aliphatic heterocycles. The van der Waals surface area contributed by atoms with Crippen LogP contribution in [0.4, 0.5) is 14.5 Å². The second-order valence-corrected chi connectivity index (χ2v) is 10.3. The number of aliphatic carboxylic acids is 2. The number of hydrogen-bond acceptors (Lipinski definition) is 5. The third-order valence-corrected chi connectivity index (χ3v) is 6.58. The Bertz CT molecular complexity index is 1300. The summed E-state index contributed by atoms with van der Waals surface area (Å²) in [5.41, 5.74) is 5.79. The normalized spacial score (nSPS) is 14.8. The van der Waals surface area contributed by atoms with Crippen LogP contribution in [0.1, 0.15) is 36.1 Å². The number of carboxylic acid groups (broad SMARTS) is 2. The highest BCUT2D eigenvalue weighted by Gasteiger charge is 2.26. The van der Waals surface area contributed by atoms with E-state index in [0.717, 1.165) is 55.8 Å². The van der Waals surface area contributed by atoms with Gasteiger partial charge < -0.3 is 20.8 Å². The average Bonchev–Trinajstić information content (AvgIpc) is 2.92. The molecule has 1 aliphatic rings. The minimum absolute atomic E-state index is 0.181. The number of carbonyl (C=O) groups is 2. The number of carboxylic acids is 2. The predicted octanol–water partition coefficient (Wildman–Crippen LogP) is 5.26. The van der Waals surface area contributed by atoms with Crippen LogP contribution in [0, 0.1) is 11.6 Å². The molecule has 41 heavy (non-hydrogen) atoms. The lowest BCUT2D eigenvalue weighted by Gasteiger charge is -2.37. The van der Waals surface area contributed by atoms with Crippen molar-refractivity contribution in [1.29, 1.82) is 0 Å². The summed E-state index contributed by atoms with van der Waals surface area (Å²) in [6.07, 6.45) is 2.84. The maximum atomic E-state index is 13.8. The summed E-state index contributed by atoms with van der Waals surface area (Å²) in [5, 5.41) is 22.6. The Morgan fingerprint density at radius 2 is 1.51 bits per heavy atom. The fourth-order valence-electron chi connectivity index (χ4n) is 4.68. The molecule has 0 fully saturated rings. The van der Waals surface area contributed by atoms with Crippen molar-refractivity contribution in [2.24, 2.45) is 0 Å². The molecular weight excluding hydrogens is 528 g/mol. The van der Waals surface area contributed by atoms with Gasteiger partial charge in [0.25, 0.3) is 0 Å². The maximum absolute atomic E-state index is 13.8. The van der Waals surface area contributed by atoms with E-state index in [1.54, 1.807) is 12.1 Å². The van der Waals surface area contributed by atoms with Crippen LogP contribution in [0.3, 0.4) is 0 Å². The van der Waals surface area contributed by atoms with Crippen LogP contribution >= 0.6 is 0 Å². The van der Waals surface area contributed by atoms with E-state index in [4.69, 9.17) is 10.2 Å². The standard InChI is InChI=1S/C28H33F2N3.C4H4O4/c1-20(2)32-27-11-5-22(6-12-27)18-31-13-14-33-19-24-16-26(30)10-7-23(24)17-28(33)15-21-3-8-25(29)9-4-21;5-3(6)1-2-4(7)8/h3-12,16,20,28,31-32H,13-15,17-19H2,1-2H3;1-2H,(H,5,6)(H,7,8)/b;2-1+. The van der Waals surface area contributed by atoms with Gasteiger partial charge in [-0.1, -0.05) is 30.3 Å². The number of nitrogens with zero attached hydrogens (tertiary/aromatic N) is 1. The maximum Gasteiger partial charge on any atom is 0.328 e. The zero-order chi connectivity index (χ0) is 29.8. The van der Waals surface area contributed by atoms with Crippen molar-refractivity contribution >= 4 is 17.6 Å². The molecule has 0 spiro atoms. The number of hydrogen-bond donors (Lipinski definition) is 4. The number of rotatable bonds is 11. The highest BCUT2D eigenvalue weighted by atomic mass is 19.1. The van der Waals surface area contributed by atoms with Crippen molar-refractivity contribution < 1.29 is 28.6 Å². The monoisotopic (exact) mass is 565 g/mol. The van der Waals surface area contributed by atoms with Crippen LogP contribution in [-0.2, 0) is 35.5 Å². The molecule has 218 valence electrons. The lowest BCUT2D eigenvalue weighted by atomic mass is 9.90. The van der Waals surface area contributed by atoms with E-state index in [1.165, 1.54) is 23.3 Å². The number of anilines is 1. The highest BCUT2D eigenvalue weighted by Crippen LogP contribution is 2.26. The van der Waals surface area contributed by atoms with Crippen molar-refractivity contribution in [2.75, 3.05) is 18.4 Å². The molecule has 7 nitrogen and oxygen atoms in total. The molecule has 0 bridgehead atoms. The Hall–Kier alpha value is -4.08. The second-order valence-electron chi connectivity index (χ2n) is 10.3. The molecule has 0 amide bonds. The van der Waals surface area contributed by atoms with Gasteiger partial charge in [-0.05, 0) is 85.3 Å². The van der Waals surface area contributed by atoms with E-state index in [1.807, 2.05) is 18.2 Å². The summed E-state index contributed by atoms with van der Waals surface area (Å²) in [7, 11) is 0. The Morgan fingerprint density at radius 1 is 0.902 bits per heavy atom. The fourth-order valence-corrected chi connectivity index (χ4v) is 4.68. The zero-order valence-corrected chi connectivity index (χ0v) is 23.3. The van der Waals surface area contributed by atoms with Crippen molar-refractivity contribution in [3.8, 4) is 0 Å². The van der Waals surface area contributed by atoms with Crippen molar-refractivity contribution in [3.05, 3.63) is 113 Å². The van der Waals surface area contributed by atoms with Gasteiger partial charge in [-0.2, -0.15) is 0 Å². The quantitative estimate of drug-likeness (QED) is 0.186. The van der Waals surface area contributed by atoms with Crippen LogP contribution < -0.4 is 10.6 Å². The van der Waals surface area contributed by atoms with Crippen LogP contribution in [-0.4, -0.2) is 52.2 Å². The SMILES string of the molecule is CC(C)Nc1ccc(CNCCN2Cc3cc(F)ccc3CC2Cc2ccc(F)cc2)cc1.O=C(O)/C=C/C(=O)O. The number of fused-ring (bicyclic) bond motifs is 1. The van der Waals surface area contributed by atoms with Gasteiger partial charge in [-0.25, -0.2) is 18.4 Å². The van der Waals surface area contributed by atoms with Gasteiger partial charge in [0.15, 0.2) is 0 Å². The van der Waals surface area contributed by atoms with E-state index < -0.39 is 11.9 Å². The lowest BCUT2D eigenvalue weighted by molar-refractivity contribution is -0.134. The van der Waals surface area contributed by atoms with Gasteiger partial charge in [0.2, 0.25) is 0 Å². The Morgan fingerprint density at radius 3 is 2.12 bits per heavy atom. The first-order valence-electron chi connectivity index (χ1n) is 13.5. The van der Waals surface area contributed by atoms with E-state index in [2.05, 4.69) is 53.6 Å². The molecule has 0 aromatic heterocycles. The molecule has 3 aromatic rings. The van der Waals surface area contributed by atoms with Crippen molar-refractivity contribution in [1.82, 2.24) is 10.2 Å². The summed E-state index contributed by atoms with van der Waals surface area (Å²) in [5.74, 6) is -2.91. The molecule has 4 rings (SSSR count). The van der Waals surface area contributed by atoms with Gasteiger partial charge >= 0.3 is 11.9 Å². The Kier molecular flexibility index (Phi) is 12.0. The van der Waals surface area contributed by atoms with E-state index in [9.17, 15) is 18.4 Å². The molecule has 3 aromatic carbocycles. The van der Waals surface area contributed by atoms with E-state index in [0.29, 0.717) is 24.2 Å². The molecular formula is C32H37F2N3O4. The number of nitrogens with one attached hydrogen (secondary N) is 2. The van der Waals surface area contributed by atoms with Crippen LogP contribution in [0.2, 0.25) is 0 Å². The largest absolute Gasteiger partial charge is 0.478 e. The third-order valence-electron chi connectivity index (χ3n) is 6.58. The van der Waals surface area contributed by atoms with Crippen LogP contribution in [0.25, 0.3) is 0 Å². The summed E-state index contributed by atoms with van der Waals surface area (Å²) >= 11 is 0. The first-order valence-corrected chi connectivity index (χ1v) is 13.5. The van der Waals surface area contributed by atoms with Crippen molar-refractivity contribution in [3.63, 3.8) is 0 Å². The smallest absolute Gasteiger partial charge is 0.328 e. The van der Waals surface area contributed by atoms with Gasteiger partial charge in [0, 0.05) is 56.1 Å². The molecule has 0 saturated heterocycles. The highest BCUT2D eigenvalue weighted by molar-refractivity contribution is 5.89. The van der Waals surface area contributed by atoms with Gasteiger partial charge in [0.1, 0.15) is 11.6 Å². The summed E-state index contributed by atoms with van der Waals surface area (Å²) in [4.78, 5) is 21.5. The topological polar surface area (TPSA) is 102 Å². The number of benzene rings is 3. The molecule has 0 aliphatic carbocycles. The summed E-state index contributed by atoms with van der Waals surface area (Å²) in [6.45, 7) is 7.52. The minimum atomic E-state index is -1.26. The lowest BCUT2D eigenvalue weighted by Crippen LogP contribution is -2.44. The fraction of sp³-hybridized carbons (Fsp3) is 0.312. The minimum Gasteiger partial charge on any atom is -0.478 e. The third kappa shape index (κ3) is 11.1. The number of halogens is 2. The molecule has 4 N–H and O–H groups in total. The first kappa shape index (κ1) is 31.4. The van der Waals surface area contributed by atoms with E-state index in [-0.39, 0.29) is 11.6 Å². The van der Waals surface area contributed by atoms with Crippen molar-refractivity contribution in [2.45, 2.75) is 51.9 Å². The van der Waals surface area contributed by atoms with Gasteiger partial charge in [-0.15, -0.1) is 0 Å². The predicted molar refractivity (Wildman–Crippen MR) is 156 cm³/mol. The molecule has 1 heterocycles. The Labute approximate surface area is 239 Å². The molecule has 0 saturated carbocycles. The zero-order valence-electron chi connectivity index (χ0n) is 23.3. The summed E-state index contributed by atoms with van der Waals surface area (Å²) < 4.78 is 27.2. The second kappa shape index (κ2) is 15.6. The molecule has 0 radical (unpaired) electrons. The van der Waals surface area contributed by atoms with Crippen LogP contribution in [0.15, 0.2) is 78.9 Å².